The molecule has 0 unspecified atom stereocenters. The second kappa shape index (κ2) is 6.31. The molecule has 1 saturated carbocycles. The lowest BCUT2D eigenvalue weighted by atomic mass is 9.62. The van der Waals surface area contributed by atoms with E-state index in [1.165, 1.54) is 18.2 Å². The summed E-state index contributed by atoms with van der Waals surface area (Å²) in [7, 11) is 0. The molecule has 0 bridgehead atoms. The number of rotatable bonds is 3. The molecular formula is C20H22F2O. The standard InChI is InChI=1S/C20H22F2O/c1-2-14-9-11-20(12-10-14,15-3-6-17(23)7-4-15)18-13-16(21)5-8-19(18)22/h3-8,13-14,23H,2,9-12H2,1H3. The average Bonchev–Trinajstić information content (AvgIpc) is 2.58. The Morgan fingerprint density at radius 2 is 1.70 bits per heavy atom. The molecule has 3 heteroatoms. The van der Waals surface area contributed by atoms with E-state index in [1.807, 2.05) is 12.1 Å². The molecule has 0 aliphatic heterocycles. The van der Waals surface area contributed by atoms with E-state index in [9.17, 15) is 13.9 Å². The fourth-order valence-electron chi connectivity index (χ4n) is 3.94. The van der Waals surface area contributed by atoms with Crippen LogP contribution in [0.15, 0.2) is 42.5 Å². The molecule has 0 aromatic heterocycles. The Bertz CT molecular complexity index is 671. The van der Waals surface area contributed by atoms with Crippen LogP contribution in [0.2, 0.25) is 0 Å². The maximum atomic E-state index is 14.5. The van der Waals surface area contributed by atoms with Crippen LogP contribution < -0.4 is 0 Å². The minimum atomic E-state index is -0.508. The van der Waals surface area contributed by atoms with Gasteiger partial charge in [0.15, 0.2) is 0 Å². The van der Waals surface area contributed by atoms with Crippen molar-refractivity contribution in [2.45, 2.75) is 44.4 Å². The summed E-state index contributed by atoms with van der Waals surface area (Å²) in [6.45, 7) is 2.18. The van der Waals surface area contributed by atoms with Crippen LogP contribution in [0.1, 0.15) is 50.2 Å². The Balaban J connectivity index is 2.10. The lowest BCUT2D eigenvalue weighted by molar-refractivity contribution is 0.255. The Morgan fingerprint density at radius 3 is 2.30 bits per heavy atom. The molecule has 0 atom stereocenters. The highest BCUT2D eigenvalue weighted by atomic mass is 19.1. The molecule has 0 saturated heterocycles. The predicted molar refractivity (Wildman–Crippen MR) is 87.5 cm³/mol. The summed E-state index contributed by atoms with van der Waals surface area (Å²) in [4.78, 5) is 0. The summed E-state index contributed by atoms with van der Waals surface area (Å²) in [5.74, 6) is 0.0781. The molecule has 122 valence electrons. The van der Waals surface area contributed by atoms with E-state index in [2.05, 4.69) is 6.92 Å². The normalized spacial score (nSPS) is 24.6. The monoisotopic (exact) mass is 316 g/mol. The van der Waals surface area contributed by atoms with Crippen LogP contribution in [0.3, 0.4) is 0 Å². The lowest BCUT2D eigenvalue weighted by Gasteiger charge is -2.41. The Labute approximate surface area is 136 Å². The van der Waals surface area contributed by atoms with Gasteiger partial charge in [0.1, 0.15) is 17.4 Å². The summed E-state index contributed by atoms with van der Waals surface area (Å²) < 4.78 is 28.3. The van der Waals surface area contributed by atoms with Gasteiger partial charge < -0.3 is 5.11 Å². The van der Waals surface area contributed by atoms with Crippen molar-refractivity contribution >= 4 is 0 Å². The molecule has 3 rings (SSSR count). The minimum Gasteiger partial charge on any atom is -0.508 e. The molecule has 0 radical (unpaired) electrons. The number of phenolic OH excluding ortho intramolecular Hbond substituents is 1. The van der Waals surface area contributed by atoms with Crippen LogP contribution >= 0.6 is 0 Å². The van der Waals surface area contributed by atoms with Crippen molar-refractivity contribution in [1.29, 1.82) is 0 Å². The number of halogens is 2. The van der Waals surface area contributed by atoms with Crippen molar-refractivity contribution in [1.82, 2.24) is 0 Å². The third-order valence-electron chi connectivity index (χ3n) is 5.40. The number of hydrogen-bond donors (Lipinski definition) is 1. The quantitative estimate of drug-likeness (QED) is 0.786. The molecule has 0 spiro atoms. The van der Waals surface area contributed by atoms with Gasteiger partial charge in [-0.2, -0.15) is 0 Å². The van der Waals surface area contributed by atoms with Gasteiger partial charge in [-0.1, -0.05) is 25.5 Å². The van der Waals surface area contributed by atoms with Crippen LogP contribution in [0.4, 0.5) is 8.78 Å². The second-order valence-electron chi connectivity index (χ2n) is 6.60. The maximum absolute atomic E-state index is 14.5. The van der Waals surface area contributed by atoms with Gasteiger partial charge in [0.25, 0.3) is 0 Å². The van der Waals surface area contributed by atoms with Gasteiger partial charge in [0.05, 0.1) is 0 Å². The zero-order valence-corrected chi connectivity index (χ0v) is 13.4. The number of benzene rings is 2. The van der Waals surface area contributed by atoms with E-state index >= 15 is 0 Å². The third kappa shape index (κ3) is 2.97. The maximum Gasteiger partial charge on any atom is 0.127 e. The van der Waals surface area contributed by atoms with Crippen LogP contribution in [0.5, 0.6) is 5.75 Å². The zero-order valence-electron chi connectivity index (χ0n) is 13.4. The van der Waals surface area contributed by atoms with Crippen LogP contribution in [0.25, 0.3) is 0 Å². The summed E-state index contributed by atoms with van der Waals surface area (Å²) >= 11 is 0. The molecule has 0 amide bonds. The van der Waals surface area contributed by atoms with E-state index < -0.39 is 11.2 Å². The van der Waals surface area contributed by atoms with Crippen LogP contribution in [0, 0.1) is 17.6 Å². The molecule has 1 fully saturated rings. The highest BCUT2D eigenvalue weighted by Gasteiger charge is 2.40. The first-order valence-electron chi connectivity index (χ1n) is 8.30. The van der Waals surface area contributed by atoms with Gasteiger partial charge in [-0.05, 0) is 67.5 Å². The van der Waals surface area contributed by atoms with Crippen molar-refractivity contribution in [2.24, 2.45) is 5.92 Å². The first-order valence-corrected chi connectivity index (χ1v) is 8.30. The molecule has 23 heavy (non-hydrogen) atoms. The van der Waals surface area contributed by atoms with E-state index in [1.54, 1.807) is 12.1 Å². The van der Waals surface area contributed by atoms with Crippen molar-refractivity contribution in [2.75, 3.05) is 0 Å². The summed E-state index contributed by atoms with van der Waals surface area (Å²) in [6, 6.07) is 10.7. The number of aromatic hydroxyl groups is 1. The van der Waals surface area contributed by atoms with Crippen LogP contribution in [-0.2, 0) is 5.41 Å². The van der Waals surface area contributed by atoms with Gasteiger partial charge in [0, 0.05) is 11.0 Å². The molecule has 2 aromatic rings. The Morgan fingerprint density at radius 1 is 1.04 bits per heavy atom. The zero-order chi connectivity index (χ0) is 16.4. The molecule has 2 aromatic carbocycles. The molecule has 1 N–H and O–H groups in total. The predicted octanol–water partition coefficient (Wildman–Crippen LogP) is 5.56. The Hall–Kier alpha value is -1.90. The van der Waals surface area contributed by atoms with Gasteiger partial charge in [-0.3, -0.25) is 0 Å². The van der Waals surface area contributed by atoms with E-state index in [-0.39, 0.29) is 11.6 Å². The minimum absolute atomic E-state index is 0.186. The van der Waals surface area contributed by atoms with Gasteiger partial charge in [-0.25, -0.2) is 8.78 Å². The molecule has 0 heterocycles. The molecule has 1 aliphatic carbocycles. The van der Waals surface area contributed by atoms with Gasteiger partial charge in [-0.15, -0.1) is 0 Å². The third-order valence-corrected chi connectivity index (χ3v) is 5.40. The highest BCUT2D eigenvalue weighted by molar-refractivity contribution is 5.42. The second-order valence-corrected chi connectivity index (χ2v) is 6.60. The number of phenols is 1. The van der Waals surface area contributed by atoms with Gasteiger partial charge >= 0.3 is 0 Å². The summed E-state index contributed by atoms with van der Waals surface area (Å²) in [5.41, 5.74) is 0.887. The highest BCUT2D eigenvalue weighted by Crippen LogP contribution is 2.48. The van der Waals surface area contributed by atoms with E-state index in [0.29, 0.717) is 11.5 Å². The van der Waals surface area contributed by atoms with E-state index in [0.717, 1.165) is 37.7 Å². The summed E-state index contributed by atoms with van der Waals surface area (Å²) in [6.07, 6.45) is 4.74. The van der Waals surface area contributed by atoms with E-state index in [4.69, 9.17) is 0 Å². The fraction of sp³-hybridized carbons (Fsp3) is 0.400. The topological polar surface area (TPSA) is 20.2 Å². The smallest absolute Gasteiger partial charge is 0.127 e. The van der Waals surface area contributed by atoms with Gasteiger partial charge in [0.2, 0.25) is 0 Å². The molecule has 1 aliphatic rings. The first kappa shape index (κ1) is 16.0. The SMILES string of the molecule is CCC1CCC(c2ccc(O)cc2)(c2cc(F)ccc2F)CC1. The average molecular weight is 316 g/mol. The number of hydrogen-bond acceptors (Lipinski definition) is 1. The van der Waals surface area contributed by atoms with Crippen LogP contribution in [-0.4, -0.2) is 5.11 Å². The largest absolute Gasteiger partial charge is 0.508 e. The first-order chi connectivity index (χ1) is 11.0. The Kier molecular flexibility index (Phi) is 4.38. The van der Waals surface area contributed by atoms with Crippen molar-refractivity contribution < 1.29 is 13.9 Å². The van der Waals surface area contributed by atoms with Crippen molar-refractivity contribution in [3.8, 4) is 5.75 Å². The van der Waals surface area contributed by atoms with Crippen molar-refractivity contribution in [3.05, 3.63) is 65.2 Å². The van der Waals surface area contributed by atoms with Crippen molar-refractivity contribution in [3.63, 3.8) is 0 Å². The fourth-order valence-corrected chi connectivity index (χ4v) is 3.94. The molecule has 1 nitrogen and oxygen atoms in total. The lowest BCUT2D eigenvalue weighted by Crippen LogP contribution is -2.34. The summed E-state index contributed by atoms with van der Waals surface area (Å²) in [5, 5.41) is 9.55. The molecular weight excluding hydrogens is 294 g/mol.